The molecule has 2 rings (SSSR count). The second-order valence-electron chi connectivity index (χ2n) is 5.03. The average Bonchev–Trinajstić information content (AvgIpc) is 2.45. The van der Waals surface area contributed by atoms with Crippen LogP contribution < -0.4 is 0 Å². The molecule has 0 aromatic rings. The highest BCUT2D eigenvalue weighted by molar-refractivity contribution is 7.99. The third kappa shape index (κ3) is 4.11. The SMILES string of the molecule is COCO[C@@H]1CCSC[C@H]1[C@H](O)[C@H]1CSCCC1=O. The summed E-state index contributed by atoms with van der Waals surface area (Å²) in [6, 6.07) is 0. The summed E-state index contributed by atoms with van der Waals surface area (Å²) >= 11 is 3.60. The number of ether oxygens (including phenoxy) is 2. The third-order valence-corrected chi connectivity index (χ3v) is 6.02. The summed E-state index contributed by atoms with van der Waals surface area (Å²) in [5, 5.41) is 10.6. The van der Waals surface area contributed by atoms with Gasteiger partial charge in [0.1, 0.15) is 12.6 Å². The van der Waals surface area contributed by atoms with Crippen molar-refractivity contribution in [3.8, 4) is 0 Å². The molecular formula is C13H22O4S2. The van der Waals surface area contributed by atoms with Gasteiger partial charge in [-0.3, -0.25) is 4.79 Å². The lowest BCUT2D eigenvalue weighted by Gasteiger charge is -2.37. The number of aliphatic hydroxyl groups is 1. The molecule has 0 amide bonds. The van der Waals surface area contributed by atoms with Crippen LogP contribution in [0.25, 0.3) is 0 Å². The van der Waals surface area contributed by atoms with E-state index in [2.05, 4.69) is 0 Å². The lowest BCUT2D eigenvalue weighted by atomic mass is 9.84. The number of Topliss-reactive ketones (excluding diaryl/α,β-unsaturated/α-hetero) is 1. The zero-order chi connectivity index (χ0) is 13.7. The standard InChI is InChI=1S/C13H22O4S2/c1-16-8-17-12-3-5-19-7-10(12)13(15)9-6-18-4-2-11(9)14/h9-10,12-13,15H,2-8H2,1H3/t9-,10+,12+,13+/m0/s1. The Labute approximate surface area is 123 Å². The lowest BCUT2D eigenvalue weighted by Crippen LogP contribution is -2.46. The second-order valence-corrected chi connectivity index (χ2v) is 7.33. The number of hydrogen-bond acceptors (Lipinski definition) is 6. The van der Waals surface area contributed by atoms with E-state index in [-0.39, 0.29) is 30.5 Å². The summed E-state index contributed by atoms with van der Waals surface area (Å²) in [6.07, 6.45) is 0.950. The van der Waals surface area contributed by atoms with Gasteiger partial charge in [-0.05, 0) is 12.2 Å². The molecule has 110 valence electrons. The molecule has 2 aliphatic rings. The number of rotatable bonds is 5. The monoisotopic (exact) mass is 306 g/mol. The molecule has 2 saturated heterocycles. The van der Waals surface area contributed by atoms with Crippen LogP contribution in [0.5, 0.6) is 0 Å². The van der Waals surface area contributed by atoms with E-state index in [0.29, 0.717) is 6.42 Å². The minimum atomic E-state index is -0.574. The highest BCUT2D eigenvalue weighted by Crippen LogP contribution is 2.34. The third-order valence-electron chi connectivity index (χ3n) is 3.79. The minimum Gasteiger partial charge on any atom is -0.392 e. The first-order chi connectivity index (χ1) is 9.24. The molecule has 2 fully saturated rings. The number of aliphatic hydroxyl groups excluding tert-OH is 1. The quantitative estimate of drug-likeness (QED) is 0.775. The largest absolute Gasteiger partial charge is 0.392 e. The van der Waals surface area contributed by atoms with Crippen molar-refractivity contribution in [2.75, 3.05) is 36.9 Å². The molecule has 0 unspecified atom stereocenters. The zero-order valence-electron chi connectivity index (χ0n) is 11.2. The van der Waals surface area contributed by atoms with Crippen LogP contribution in [0.1, 0.15) is 12.8 Å². The van der Waals surface area contributed by atoms with Gasteiger partial charge in [-0.2, -0.15) is 23.5 Å². The molecule has 0 bridgehead atoms. The van der Waals surface area contributed by atoms with Crippen LogP contribution in [0.15, 0.2) is 0 Å². The van der Waals surface area contributed by atoms with E-state index in [0.717, 1.165) is 29.4 Å². The van der Waals surface area contributed by atoms with Crippen molar-refractivity contribution in [2.24, 2.45) is 11.8 Å². The molecule has 4 atom stereocenters. The van der Waals surface area contributed by atoms with Crippen LogP contribution in [0, 0.1) is 11.8 Å². The Hall–Kier alpha value is 0.250. The Balaban J connectivity index is 1.97. The molecule has 6 heteroatoms. The topological polar surface area (TPSA) is 55.8 Å². The van der Waals surface area contributed by atoms with Gasteiger partial charge in [0.15, 0.2) is 0 Å². The van der Waals surface area contributed by atoms with Crippen molar-refractivity contribution in [3.63, 3.8) is 0 Å². The van der Waals surface area contributed by atoms with Crippen LogP contribution in [-0.4, -0.2) is 60.0 Å². The summed E-state index contributed by atoms with van der Waals surface area (Å²) in [4.78, 5) is 12.0. The summed E-state index contributed by atoms with van der Waals surface area (Å²) < 4.78 is 10.6. The van der Waals surface area contributed by atoms with E-state index in [1.165, 1.54) is 0 Å². The lowest BCUT2D eigenvalue weighted by molar-refractivity contribution is -0.133. The van der Waals surface area contributed by atoms with Gasteiger partial charge >= 0.3 is 0 Å². The van der Waals surface area contributed by atoms with Crippen molar-refractivity contribution in [3.05, 3.63) is 0 Å². The Bertz CT molecular complexity index is 300. The number of thioether (sulfide) groups is 2. The number of hydrogen-bond donors (Lipinski definition) is 1. The molecule has 0 spiro atoms. The van der Waals surface area contributed by atoms with Gasteiger partial charge in [0.25, 0.3) is 0 Å². The Morgan fingerprint density at radius 2 is 2.16 bits per heavy atom. The highest BCUT2D eigenvalue weighted by atomic mass is 32.2. The number of carbonyl (C=O) groups excluding carboxylic acids is 1. The highest BCUT2D eigenvalue weighted by Gasteiger charge is 2.39. The molecule has 0 aliphatic carbocycles. The molecule has 0 aromatic heterocycles. The summed E-state index contributed by atoms with van der Waals surface area (Å²) in [5.41, 5.74) is 0. The van der Waals surface area contributed by atoms with Gasteiger partial charge in [-0.1, -0.05) is 0 Å². The van der Waals surface area contributed by atoms with Gasteiger partial charge in [0.2, 0.25) is 0 Å². The maximum absolute atomic E-state index is 12.0. The van der Waals surface area contributed by atoms with Crippen LogP contribution >= 0.6 is 23.5 Å². The van der Waals surface area contributed by atoms with Crippen molar-refractivity contribution in [1.29, 1.82) is 0 Å². The molecule has 2 aliphatic heterocycles. The van der Waals surface area contributed by atoms with E-state index in [4.69, 9.17) is 9.47 Å². The Morgan fingerprint density at radius 3 is 2.89 bits per heavy atom. The first-order valence-corrected chi connectivity index (χ1v) is 9.01. The smallest absolute Gasteiger partial charge is 0.146 e. The van der Waals surface area contributed by atoms with E-state index < -0.39 is 6.10 Å². The Morgan fingerprint density at radius 1 is 1.37 bits per heavy atom. The predicted molar refractivity (Wildman–Crippen MR) is 78.6 cm³/mol. The van der Waals surface area contributed by atoms with Crippen molar-refractivity contribution < 1.29 is 19.4 Å². The minimum absolute atomic E-state index is 0.0101. The van der Waals surface area contributed by atoms with Crippen molar-refractivity contribution in [1.82, 2.24) is 0 Å². The first kappa shape index (κ1) is 15.6. The molecule has 4 nitrogen and oxygen atoms in total. The number of methoxy groups -OCH3 is 1. The average molecular weight is 306 g/mol. The van der Waals surface area contributed by atoms with E-state index in [1.807, 2.05) is 11.8 Å². The normalized spacial score (nSPS) is 34.2. The Kier molecular flexibility index (Phi) is 6.49. The van der Waals surface area contributed by atoms with E-state index in [9.17, 15) is 9.90 Å². The zero-order valence-corrected chi connectivity index (χ0v) is 12.9. The van der Waals surface area contributed by atoms with Gasteiger partial charge in [0, 0.05) is 36.7 Å². The van der Waals surface area contributed by atoms with E-state index in [1.54, 1.807) is 18.9 Å². The second kappa shape index (κ2) is 7.88. The fourth-order valence-electron chi connectivity index (χ4n) is 2.67. The first-order valence-electron chi connectivity index (χ1n) is 6.71. The molecule has 19 heavy (non-hydrogen) atoms. The fraction of sp³-hybridized carbons (Fsp3) is 0.923. The molecule has 1 N–H and O–H groups in total. The number of ketones is 1. The van der Waals surface area contributed by atoms with Gasteiger partial charge in [-0.25, -0.2) is 0 Å². The molecule has 0 saturated carbocycles. The maximum atomic E-state index is 12.0. The molecule has 0 radical (unpaired) electrons. The number of carbonyl (C=O) groups is 1. The van der Waals surface area contributed by atoms with E-state index >= 15 is 0 Å². The van der Waals surface area contributed by atoms with Crippen molar-refractivity contribution >= 4 is 29.3 Å². The fourth-order valence-corrected chi connectivity index (χ4v) is 5.07. The van der Waals surface area contributed by atoms with Crippen LogP contribution in [0.3, 0.4) is 0 Å². The van der Waals surface area contributed by atoms with Gasteiger partial charge in [0.05, 0.1) is 18.1 Å². The summed E-state index contributed by atoms with van der Waals surface area (Å²) in [7, 11) is 1.60. The molecule has 0 aromatic carbocycles. The van der Waals surface area contributed by atoms with Crippen LogP contribution in [-0.2, 0) is 14.3 Å². The summed E-state index contributed by atoms with van der Waals surface area (Å²) in [5.74, 6) is 3.60. The van der Waals surface area contributed by atoms with Crippen LogP contribution in [0.4, 0.5) is 0 Å². The maximum Gasteiger partial charge on any atom is 0.146 e. The molecular weight excluding hydrogens is 284 g/mol. The molecule has 2 heterocycles. The van der Waals surface area contributed by atoms with Crippen molar-refractivity contribution in [2.45, 2.75) is 25.0 Å². The van der Waals surface area contributed by atoms with Gasteiger partial charge < -0.3 is 14.6 Å². The summed E-state index contributed by atoms with van der Waals surface area (Å²) in [6.45, 7) is 0.256. The van der Waals surface area contributed by atoms with Crippen LogP contribution in [0.2, 0.25) is 0 Å². The predicted octanol–water partition coefficient (Wildman–Crippen LogP) is 1.41. The van der Waals surface area contributed by atoms with Gasteiger partial charge in [-0.15, -0.1) is 0 Å².